The van der Waals surface area contributed by atoms with Gasteiger partial charge in [0.1, 0.15) is 5.54 Å². The second-order valence-corrected chi connectivity index (χ2v) is 7.62. The van der Waals surface area contributed by atoms with Crippen LogP contribution < -0.4 is 5.32 Å². The molecule has 0 aromatic heterocycles. The van der Waals surface area contributed by atoms with E-state index in [0.29, 0.717) is 19.5 Å². The van der Waals surface area contributed by atoms with Crippen molar-refractivity contribution in [2.24, 2.45) is 0 Å². The molecule has 0 radical (unpaired) electrons. The van der Waals surface area contributed by atoms with Crippen molar-refractivity contribution in [2.75, 3.05) is 38.8 Å². The molecule has 1 heterocycles. The molecular weight excluding hydrogens is 268 g/mol. The lowest BCUT2D eigenvalue weighted by molar-refractivity contribution is -0.148. The highest BCUT2D eigenvalue weighted by atomic mass is 32.2. The Morgan fingerprint density at radius 1 is 1.42 bits per heavy atom. The molecule has 0 spiro atoms. The molecule has 1 N–H and O–H groups in total. The molecule has 1 saturated heterocycles. The van der Waals surface area contributed by atoms with Crippen LogP contribution in [0.15, 0.2) is 0 Å². The first-order valence-corrected chi connectivity index (χ1v) is 8.28. The Kier molecular flexibility index (Phi) is 5.34. The second-order valence-electron chi connectivity index (χ2n) is 5.31. The molecule has 0 aromatic carbocycles. The van der Waals surface area contributed by atoms with Gasteiger partial charge < -0.3 is 10.1 Å². The zero-order valence-electron chi connectivity index (χ0n) is 12.1. The lowest BCUT2D eigenvalue weighted by atomic mass is 9.93. The van der Waals surface area contributed by atoms with Crippen LogP contribution >= 0.6 is 0 Å². The van der Waals surface area contributed by atoms with Gasteiger partial charge in [-0.1, -0.05) is 0 Å². The minimum Gasteiger partial charge on any atom is -0.468 e. The smallest absolute Gasteiger partial charge is 0.325 e. The molecule has 0 bridgehead atoms. The Balaban J connectivity index is 2.64. The van der Waals surface area contributed by atoms with Crippen LogP contribution in [0, 0.1) is 0 Å². The number of hydrogen-bond acceptors (Lipinski definition) is 6. The van der Waals surface area contributed by atoms with Gasteiger partial charge >= 0.3 is 5.97 Å². The molecule has 1 rings (SSSR count). The van der Waals surface area contributed by atoms with E-state index in [2.05, 4.69) is 10.2 Å². The SMILES string of the molecule is CNC(C)(CC(C)N1CCS(=O)(=O)CC1)C(=O)OC. The molecule has 0 aromatic rings. The number of ether oxygens (including phenoxy) is 1. The third-order valence-electron chi connectivity index (χ3n) is 3.89. The lowest BCUT2D eigenvalue weighted by Crippen LogP contribution is -2.54. The van der Waals surface area contributed by atoms with E-state index in [1.165, 1.54) is 7.11 Å². The van der Waals surface area contributed by atoms with Crippen LogP contribution in [-0.4, -0.2) is 69.6 Å². The monoisotopic (exact) mass is 292 g/mol. The van der Waals surface area contributed by atoms with E-state index in [1.807, 2.05) is 6.92 Å². The van der Waals surface area contributed by atoms with Crippen molar-refractivity contribution in [1.29, 1.82) is 0 Å². The minimum absolute atomic E-state index is 0.118. The number of methoxy groups -OCH3 is 1. The van der Waals surface area contributed by atoms with Gasteiger partial charge in [-0.3, -0.25) is 9.69 Å². The summed E-state index contributed by atoms with van der Waals surface area (Å²) < 4.78 is 27.6. The Labute approximate surface area is 115 Å². The summed E-state index contributed by atoms with van der Waals surface area (Å²) >= 11 is 0. The molecule has 1 aliphatic heterocycles. The molecule has 19 heavy (non-hydrogen) atoms. The number of nitrogens with one attached hydrogen (secondary N) is 1. The van der Waals surface area contributed by atoms with Gasteiger partial charge in [0.2, 0.25) is 0 Å². The summed E-state index contributed by atoms with van der Waals surface area (Å²) in [6, 6.07) is 0.118. The summed E-state index contributed by atoms with van der Waals surface area (Å²) in [5.74, 6) is 0.101. The Hall–Kier alpha value is -0.660. The molecule has 1 fully saturated rings. The normalized spacial score (nSPS) is 24.4. The van der Waals surface area contributed by atoms with Crippen molar-refractivity contribution in [2.45, 2.75) is 31.8 Å². The van der Waals surface area contributed by atoms with E-state index in [9.17, 15) is 13.2 Å². The topological polar surface area (TPSA) is 75.7 Å². The van der Waals surface area contributed by atoms with Gasteiger partial charge in [0, 0.05) is 19.1 Å². The first-order valence-electron chi connectivity index (χ1n) is 6.46. The number of rotatable bonds is 5. The summed E-state index contributed by atoms with van der Waals surface area (Å²) in [5, 5.41) is 3.00. The van der Waals surface area contributed by atoms with Gasteiger partial charge in [-0.2, -0.15) is 0 Å². The van der Waals surface area contributed by atoms with Crippen LogP contribution in [0.4, 0.5) is 0 Å². The quantitative estimate of drug-likeness (QED) is 0.698. The summed E-state index contributed by atoms with van der Waals surface area (Å²) in [5.41, 5.74) is -0.746. The van der Waals surface area contributed by atoms with E-state index in [1.54, 1.807) is 14.0 Å². The fraction of sp³-hybridized carbons (Fsp3) is 0.917. The van der Waals surface area contributed by atoms with Gasteiger partial charge in [0.15, 0.2) is 9.84 Å². The van der Waals surface area contributed by atoms with E-state index in [-0.39, 0.29) is 23.5 Å². The number of esters is 1. The first-order chi connectivity index (χ1) is 8.74. The fourth-order valence-electron chi connectivity index (χ4n) is 2.40. The van der Waals surface area contributed by atoms with E-state index in [0.717, 1.165) is 0 Å². The number of hydrogen-bond donors (Lipinski definition) is 1. The van der Waals surface area contributed by atoms with Crippen LogP contribution in [0.5, 0.6) is 0 Å². The number of likely N-dealkylation sites (N-methyl/N-ethyl adjacent to an activating group) is 1. The number of carbonyl (C=O) groups is 1. The Bertz CT molecular complexity index is 409. The van der Waals surface area contributed by atoms with E-state index >= 15 is 0 Å². The molecule has 7 heteroatoms. The summed E-state index contributed by atoms with van der Waals surface area (Å²) in [6.45, 7) is 4.88. The molecule has 0 aliphatic carbocycles. The van der Waals surface area contributed by atoms with Crippen LogP contribution in [0.25, 0.3) is 0 Å². The molecule has 2 atom stereocenters. The van der Waals surface area contributed by atoms with Crippen molar-refractivity contribution in [3.8, 4) is 0 Å². The standard InChI is InChI=1S/C12H24N2O4S/c1-10(9-12(2,13-3)11(15)18-4)14-5-7-19(16,17)8-6-14/h10,13H,5-9H2,1-4H3. The number of nitrogens with zero attached hydrogens (tertiary/aromatic N) is 1. The molecule has 1 aliphatic rings. The van der Waals surface area contributed by atoms with Crippen molar-refractivity contribution in [3.05, 3.63) is 0 Å². The summed E-state index contributed by atoms with van der Waals surface area (Å²) in [7, 11) is 0.229. The molecule has 6 nitrogen and oxygen atoms in total. The zero-order valence-corrected chi connectivity index (χ0v) is 12.9. The van der Waals surface area contributed by atoms with Crippen molar-refractivity contribution in [3.63, 3.8) is 0 Å². The maximum atomic E-state index is 11.8. The van der Waals surface area contributed by atoms with Crippen LogP contribution in [-0.2, 0) is 19.4 Å². The summed E-state index contributed by atoms with van der Waals surface area (Å²) in [4.78, 5) is 13.9. The molecule has 0 amide bonds. The van der Waals surface area contributed by atoms with Gasteiger partial charge in [0.25, 0.3) is 0 Å². The maximum Gasteiger partial charge on any atom is 0.325 e. The number of sulfone groups is 1. The highest BCUT2D eigenvalue weighted by Crippen LogP contribution is 2.19. The lowest BCUT2D eigenvalue weighted by Gasteiger charge is -2.37. The average molecular weight is 292 g/mol. The van der Waals surface area contributed by atoms with Gasteiger partial charge in [0.05, 0.1) is 18.6 Å². The van der Waals surface area contributed by atoms with Crippen LogP contribution in [0.3, 0.4) is 0 Å². The Morgan fingerprint density at radius 3 is 2.37 bits per heavy atom. The highest BCUT2D eigenvalue weighted by Gasteiger charge is 2.36. The third kappa shape index (κ3) is 4.15. The number of carbonyl (C=O) groups excluding carboxylic acids is 1. The summed E-state index contributed by atoms with van der Waals surface area (Å²) in [6.07, 6.45) is 0.580. The zero-order chi connectivity index (χ0) is 14.7. The minimum atomic E-state index is -2.87. The van der Waals surface area contributed by atoms with Crippen molar-refractivity contribution < 1.29 is 17.9 Å². The Morgan fingerprint density at radius 2 is 1.95 bits per heavy atom. The molecule has 112 valence electrons. The first kappa shape index (κ1) is 16.4. The largest absolute Gasteiger partial charge is 0.468 e. The molecular formula is C12H24N2O4S. The van der Waals surface area contributed by atoms with Crippen molar-refractivity contribution >= 4 is 15.8 Å². The molecule has 2 unspecified atom stereocenters. The maximum absolute atomic E-state index is 11.8. The van der Waals surface area contributed by atoms with Gasteiger partial charge in [-0.25, -0.2) is 8.42 Å². The highest BCUT2D eigenvalue weighted by molar-refractivity contribution is 7.91. The molecule has 0 saturated carbocycles. The predicted octanol–water partition coefficient (Wildman–Crippen LogP) is -0.353. The average Bonchev–Trinajstić information content (AvgIpc) is 2.37. The van der Waals surface area contributed by atoms with Gasteiger partial charge in [-0.05, 0) is 27.3 Å². The predicted molar refractivity (Wildman–Crippen MR) is 73.8 cm³/mol. The van der Waals surface area contributed by atoms with Crippen LogP contribution in [0.1, 0.15) is 20.3 Å². The second kappa shape index (κ2) is 6.19. The third-order valence-corrected chi connectivity index (χ3v) is 5.50. The van der Waals surface area contributed by atoms with Gasteiger partial charge in [-0.15, -0.1) is 0 Å². The van der Waals surface area contributed by atoms with Crippen LogP contribution in [0.2, 0.25) is 0 Å². The van der Waals surface area contributed by atoms with E-state index < -0.39 is 15.4 Å². The van der Waals surface area contributed by atoms with E-state index in [4.69, 9.17) is 4.74 Å². The fourth-order valence-corrected chi connectivity index (χ4v) is 3.63. The van der Waals surface area contributed by atoms with Crippen molar-refractivity contribution in [1.82, 2.24) is 10.2 Å².